The zero-order chi connectivity index (χ0) is 14.8. The molecule has 2 nitrogen and oxygen atoms in total. The van der Waals surface area contributed by atoms with Crippen LogP contribution in [0.4, 0.5) is 0 Å². The third kappa shape index (κ3) is 8.97. The number of nitrogens with one attached hydrogen (secondary N) is 1. The number of hydrogen-bond acceptors (Lipinski definition) is 2. The molecule has 0 spiro atoms. The van der Waals surface area contributed by atoms with Gasteiger partial charge in [0.1, 0.15) is 0 Å². The Bertz CT molecular complexity index is 232. The van der Waals surface area contributed by atoms with Gasteiger partial charge in [0, 0.05) is 5.54 Å². The van der Waals surface area contributed by atoms with Crippen LogP contribution in [0.5, 0.6) is 0 Å². The molecular weight excluding hydrogens is 244 g/mol. The first-order chi connectivity index (χ1) is 9.51. The van der Waals surface area contributed by atoms with Crippen molar-refractivity contribution in [3.63, 3.8) is 0 Å². The molecule has 1 aliphatic heterocycles. The molecule has 0 bridgehead atoms. The monoisotopic (exact) mass is 282 g/mol. The second kappa shape index (κ2) is 9.78. The summed E-state index contributed by atoms with van der Waals surface area (Å²) in [6.07, 6.45) is 11.2. The lowest BCUT2D eigenvalue weighted by Gasteiger charge is -2.21. The minimum atomic E-state index is 0.277. The number of nitrogens with zero attached hydrogens (tertiary/aromatic N) is 1. The number of likely N-dealkylation sites (tertiary alicyclic amines) is 1. The fourth-order valence-electron chi connectivity index (χ4n) is 3.25. The first-order valence-corrected chi connectivity index (χ1v) is 8.98. The molecule has 1 heterocycles. The Morgan fingerprint density at radius 3 is 2.55 bits per heavy atom. The molecule has 1 N–H and O–H groups in total. The van der Waals surface area contributed by atoms with E-state index in [1.165, 1.54) is 77.5 Å². The SMILES string of the molecule is CCCC1CCCN(CCCCCNC(C)(C)C)CC1. The molecule has 1 atom stereocenters. The van der Waals surface area contributed by atoms with Crippen LogP contribution in [0.3, 0.4) is 0 Å². The molecule has 0 aromatic heterocycles. The Hall–Kier alpha value is -0.0800. The molecule has 1 saturated heterocycles. The van der Waals surface area contributed by atoms with Crippen molar-refractivity contribution in [1.82, 2.24) is 10.2 Å². The third-order valence-electron chi connectivity index (χ3n) is 4.44. The van der Waals surface area contributed by atoms with E-state index in [1.807, 2.05) is 0 Å². The van der Waals surface area contributed by atoms with Crippen LogP contribution in [0.15, 0.2) is 0 Å². The van der Waals surface area contributed by atoms with Crippen LogP contribution in [0.1, 0.15) is 79.1 Å². The van der Waals surface area contributed by atoms with E-state index in [9.17, 15) is 0 Å². The van der Waals surface area contributed by atoms with Gasteiger partial charge in [-0.3, -0.25) is 0 Å². The van der Waals surface area contributed by atoms with Gasteiger partial charge in [-0.25, -0.2) is 0 Å². The summed E-state index contributed by atoms with van der Waals surface area (Å²) in [5, 5.41) is 3.58. The molecule has 0 aromatic rings. The van der Waals surface area contributed by atoms with Crippen LogP contribution < -0.4 is 5.32 Å². The summed E-state index contributed by atoms with van der Waals surface area (Å²) in [7, 11) is 0. The summed E-state index contributed by atoms with van der Waals surface area (Å²) in [5.74, 6) is 1.01. The van der Waals surface area contributed by atoms with Crippen LogP contribution in [0, 0.1) is 5.92 Å². The predicted molar refractivity (Wildman–Crippen MR) is 90.3 cm³/mol. The standard InChI is InChI=1S/C18H38N2/c1-5-10-17-11-9-15-20(16-12-17)14-8-6-7-13-19-18(2,3)4/h17,19H,5-16H2,1-4H3. The highest BCUT2D eigenvalue weighted by Crippen LogP contribution is 2.22. The van der Waals surface area contributed by atoms with E-state index in [-0.39, 0.29) is 5.54 Å². The van der Waals surface area contributed by atoms with Crippen molar-refractivity contribution >= 4 is 0 Å². The van der Waals surface area contributed by atoms with Gasteiger partial charge < -0.3 is 10.2 Å². The van der Waals surface area contributed by atoms with Gasteiger partial charge in [0.2, 0.25) is 0 Å². The maximum absolute atomic E-state index is 3.58. The first kappa shape index (κ1) is 18.0. The minimum absolute atomic E-state index is 0.277. The zero-order valence-electron chi connectivity index (χ0n) is 14.5. The summed E-state index contributed by atoms with van der Waals surface area (Å²) < 4.78 is 0. The van der Waals surface area contributed by atoms with Crippen LogP contribution >= 0.6 is 0 Å². The second-order valence-corrected chi connectivity index (χ2v) is 7.66. The molecule has 20 heavy (non-hydrogen) atoms. The van der Waals surface area contributed by atoms with E-state index in [0.29, 0.717) is 0 Å². The van der Waals surface area contributed by atoms with E-state index >= 15 is 0 Å². The lowest BCUT2D eigenvalue weighted by atomic mass is 9.96. The highest BCUT2D eigenvalue weighted by atomic mass is 15.1. The van der Waals surface area contributed by atoms with Gasteiger partial charge in [-0.2, -0.15) is 0 Å². The van der Waals surface area contributed by atoms with Crippen molar-refractivity contribution < 1.29 is 0 Å². The third-order valence-corrected chi connectivity index (χ3v) is 4.44. The maximum Gasteiger partial charge on any atom is 0.00965 e. The summed E-state index contributed by atoms with van der Waals surface area (Å²) in [6.45, 7) is 14.3. The topological polar surface area (TPSA) is 15.3 Å². The van der Waals surface area contributed by atoms with E-state index < -0.39 is 0 Å². The smallest absolute Gasteiger partial charge is 0.00965 e. The molecule has 0 radical (unpaired) electrons. The molecule has 0 aromatic carbocycles. The summed E-state index contributed by atoms with van der Waals surface area (Å²) >= 11 is 0. The van der Waals surface area contributed by atoms with Crippen molar-refractivity contribution in [2.45, 2.75) is 84.6 Å². The number of hydrogen-bond donors (Lipinski definition) is 1. The average molecular weight is 283 g/mol. The number of rotatable bonds is 8. The molecule has 0 saturated carbocycles. The quantitative estimate of drug-likeness (QED) is 0.662. The second-order valence-electron chi connectivity index (χ2n) is 7.66. The lowest BCUT2D eigenvalue weighted by Crippen LogP contribution is -2.36. The van der Waals surface area contributed by atoms with Gasteiger partial charge in [-0.1, -0.05) is 26.2 Å². The Balaban J connectivity index is 2.02. The Kier molecular flexibility index (Phi) is 8.79. The Morgan fingerprint density at radius 2 is 1.85 bits per heavy atom. The van der Waals surface area contributed by atoms with Gasteiger partial charge in [-0.15, -0.1) is 0 Å². The lowest BCUT2D eigenvalue weighted by molar-refractivity contribution is 0.272. The first-order valence-electron chi connectivity index (χ1n) is 8.98. The van der Waals surface area contributed by atoms with E-state index in [2.05, 4.69) is 37.9 Å². The maximum atomic E-state index is 3.58. The molecule has 1 rings (SSSR count). The average Bonchev–Trinajstić information content (AvgIpc) is 2.58. The van der Waals surface area contributed by atoms with E-state index in [0.717, 1.165) is 5.92 Å². The van der Waals surface area contributed by atoms with E-state index in [1.54, 1.807) is 0 Å². The molecule has 1 aliphatic rings. The fourth-order valence-corrected chi connectivity index (χ4v) is 3.25. The van der Waals surface area contributed by atoms with Crippen molar-refractivity contribution in [2.75, 3.05) is 26.2 Å². The van der Waals surface area contributed by atoms with E-state index in [4.69, 9.17) is 0 Å². The van der Waals surface area contributed by atoms with Crippen molar-refractivity contribution in [3.8, 4) is 0 Å². The molecule has 1 unspecified atom stereocenters. The van der Waals surface area contributed by atoms with Crippen molar-refractivity contribution in [1.29, 1.82) is 0 Å². The summed E-state index contributed by atoms with van der Waals surface area (Å²) in [5.41, 5.74) is 0.277. The highest BCUT2D eigenvalue weighted by Gasteiger charge is 2.15. The highest BCUT2D eigenvalue weighted by molar-refractivity contribution is 4.71. The zero-order valence-corrected chi connectivity index (χ0v) is 14.5. The van der Waals surface area contributed by atoms with Gasteiger partial charge in [0.05, 0.1) is 0 Å². The van der Waals surface area contributed by atoms with Gasteiger partial charge in [0.25, 0.3) is 0 Å². The van der Waals surface area contributed by atoms with Crippen LogP contribution in [0.2, 0.25) is 0 Å². The molecular formula is C18H38N2. The molecule has 0 aliphatic carbocycles. The molecule has 0 amide bonds. The van der Waals surface area contributed by atoms with Crippen LogP contribution in [-0.2, 0) is 0 Å². The van der Waals surface area contributed by atoms with Crippen molar-refractivity contribution in [3.05, 3.63) is 0 Å². The molecule has 120 valence electrons. The largest absolute Gasteiger partial charge is 0.312 e. The minimum Gasteiger partial charge on any atom is -0.312 e. The van der Waals surface area contributed by atoms with Crippen LogP contribution in [-0.4, -0.2) is 36.6 Å². The van der Waals surface area contributed by atoms with Crippen LogP contribution in [0.25, 0.3) is 0 Å². The normalized spacial score (nSPS) is 21.9. The summed E-state index contributed by atoms with van der Waals surface area (Å²) in [6, 6.07) is 0. The van der Waals surface area contributed by atoms with Gasteiger partial charge in [-0.05, 0) is 85.0 Å². The predicted octanol–water partition coefficient (Wildman–Crippen LogP) is 4.45. The molecule has 2 heteroatoms. The van der Waals surface area contributed by atoms with Gasteiger partial charge in [0.15, 0.2) is 0 Å². The fraction of sp³-hybridized carbons (Fsp3) is 1.00. The molecule has 1 fully saturated rings. The van der Waals surface area contributed by atoms with Crippen molar-refractivity contribution in [2.24, 2.45) is 5.92 Å². The Labute approximate surface area is 127 Å². The summed E-state index contributed by atoms with van der Waals surface area (Å²) in [4.78, 5) is 2.72. The Morgan fingerprint density at radius 1 is 1.05 bits per heavy atom. The van der Waals surface area contributed by atoms with Gasteiger partial charge >= 0.3 is 0 Å². The number of unbranched alkanes of at least 4 members (excludes halogenated alkanes) is 2.